The van der Waals surface area contributed by atoms with Gasteiger partial charge in [0, 0.05) is 18.8 Å². The zero-order valence-corrected chi connectivity index (χ0v) is 9.18. The third-order valence-corrected chi connectivity index (χ3v) is 2.14. The summed E-state index contributed by atoms with van der Waals surface area (Å²) in [5.74, 6) is 0.952. The predicted octanol–water partition coefficient (Wildman–Crippen LogP) is 2.22. The fourth-order valence-electron chi connectivity index (χ4n) is 1.35. The van der Waals surface area contributed by atoms with Crippen molar-refractivity contribution in [2.45, 2.75) is 6.92 Å². The Labute approximate surface area is 93.2 Å². The molecular weight excluding hydrogens is 204 g/mol. The lowest BCUT2D eigenvalue weighted by Gasteiger charge is -1.88. The van der Waals surface area contributed by atoms with E-state index in [4.69, 9.17) is 4.42 Å². The topological polar surface area (TPSA) is 48.0 Å². The van der Waals surface area contributed by atoms with Crippen molar-refractivity contribution in [3.8, 4) is 0 Å². The van der Waals surface area contributed by atoms with Gasteiger partial charge in [0.05, 0.1) is 6.20 Å². The molecular formula is C12H12N2O2. The van der Waals surface area contributed by atoms with Gasteiger partial charge < -0.3 is 4.42 Å². The van der Waals surface area contributed by atoms with Crippen LogP contribution in [0.1, 0.15) is 21.9 Å². The predicted molar refractivity (Wildman–Crippen MR) is 60.0 cm³/mol. The molecule has 16 heavy (non-hydrogen) atoms. The summed E-state index contributed by atoms with van der Waals surface area (Å²) in [5, 5.41) is 4.00. The van der Waals surface area contributed by atoms with Gasteiger partial charge in [-0.3, -0.25) is 9.48 Å². The van der Waals surface area contributed by atoms with E-state index >= 15 is 0 Å². The molecule has 2 aromatic rings. The number of allylic oxidation sites excluding steroid dienone is 1. The highest BCUT2D eigenvalue weighted by molar-refractivity contribution is 6.04. The van der Waals surface area contributed by atoms with Crippen molar-refractivity contribution >= 4 is 11.9 Å². The summed E-state index contributed by atoms with van der Waals surface area (Å²) >= 11 is 0. The number of carbonyl (C=O) groups excluding carboxylic acids is 1. The molecule has 0 saturated heterocycles. The van der Waals surface area contributed by atoms with Crippen molar-refractivity contribution in [2.75, 3.05) is 0 Å². The van der Waals surface area contributed by atoms with Crippen molar-refractivity contribution in [1.82, 2.24) is 9.78 Å². The van der Waals surface area contributed by atoms with Gasteiger partial charge >= 0.3 is 0 Å². The van der Waals surface area contributed by atoms with Crippen LogP contribution < -0.4 is 0 Å². The lowest BCUT2D eigenvalue weighted by molar-refractivity contribution is 0.102. The van der Waals surface area contributed by atoms with E-state index in [0.717, 1.165) is 11.3 Å². The smallest absolute Gasteiger partial charge is 0.221 e. The van der Waals surface area contributed by atoms with Gasteiger partial charge in [-0.15, -0.1) is 0 Å². The molecule has 0 saturated carbocycles. The molecule has 0 spiro atoms. The summed E-state index contributed by atoms with van der Waals surface area (Å²) in [6.45, 7) is 1.81. The van der Waals surface area contributed by atoms with Gasteiger partial charge in [0.15, 0.2) is 5.76 Å². The molecule has 0 aliphatic heterocycles. The molecule has 82 valence electrons. The Hall–Kier alpha value is -2.10. The fourth-order valence-corrected chi connectivity index (χ4v) is 1.35. The molecule has 0 fully saturated rings. The summed E-state index contributed by atoms with van der Waals surface area (Å²) in [6.07, 6.45) is 6.72. The lowest BCUT2D eigenvalue weighted by Crippen LogP contribution is -1.90. The average molecular weight is 216 g/mol. The number of hydrogen-bond donors (Lipinski definition) is 0. The van der Waals surface area contributed by atoms with Gasteiger partial charge in [0.2, 0.25) is 5.78 Å². The summed E-state index contributed by atoms with van der Waals surface area (Å²) in [5.41, 5.74) is 0.888. The Morgan fingerprint density at radius 2 is 2.31 bits per heavy atom. The van der Waals surface area contributed by atoms with E-state index in [2.05, 4.69) is 5.10 Å². The highest BCUT2D eigenvalue weighted by Gasteiger charge is 2.05. The first-order valence-electron chi connectivity index (χ1n) is 4.92. The molecule has 0 bridgehead atoms. The first-order chi connectivity index (χ1) is 7.65. The number of nitrogens with zero attached hydrogens (tertiary/aromatic N) is 2. The van der Waals surface area contributed by atoms with Crippen LogP contribution in [0.25, 0.3) is 6.08 Å². The van der Waals surface area contributed by atoms with Crippen LogP contribution >= 0.6 is 0 Å². The molecule has 0 amide bonds. The van der Waals surface area contributed by atoms with Gasteiger partial charge in [-0.1, -0.05) is 0 Å². The average Bonchev–Trinajstić information content (AvgIpc) is 2.84. The van der Waals surface area contributed by atoms with Crippen LogP contribution in [0, 0.1) is 6.92 Å². The number of furan rings is 1. The minimum Gasteiger partial charge on any atom is -0.458 e. The molecule has 2 heterocycles. The number of rotatable bonds is 3. The van der Waals surface area contributed by atoms with E-state index < -0.39 is 0 Å². The third-order valence-electron chi connectivity index (χ3n) is 2.14. The summed E-state index contributed by atoms with van der Waals surface area (Å²) < 4.78 is 6.90. The van der Waals surface area contributed by atoms with Crippen molar-refractivity contribution in [2.24, 2.45) is 7.05 Å². The summed E-state index contributed by atoms with van der Waals surface area (Å²) in [4.78, 5) is 11.6. The van der Waals surface area contributed by atoms with E-state index in [1.165, 1.54) is 6.08 Å². The van der Waals surface area contributed by atoms with E-state index in [9.17, 15) is 4.79 Å². The van der Waals surface area contributed by atoms with Gasteiger partial charge in [-0.05, 0) is 31.2 Å². The molecule has 0 atom stereocenters. The van der Waals surface area contributed by atoms with E-state index in [1.54, 1.807) is 29.1 Å². The van der Waals surface area contributed by atoms with Crippen molar-refractivity contribution in [3.05, 3.63) is 47.7 Å². The Balaban J connectivity index is 2.10. The second-order valence-corrected chi connectivity index (χ2v) is 3.56. The SMILES string of the molecule is Cc1ccc(C(=O)/C=C/c2cnn(C)c2)o1. The lowest BCUT2D eigenvalue weighted by atomic mass is 10.2. The molecule has 2 rings (SSSR count). The van der Waals surface area contributed by atoms with Gasteiger partial charge in [-0.25, -0.2) is 0 Å². The van der Waals surface area contributed by atoms with Gasteiger partial charge in [0.1, 0.15) is 5.76 Å². The molecule has 0 aliphatic carbocycles. The highest BCUT2D eigenvalue weighted by Crippen LogP contribution is 2.09. The third kappa shape index (κ3) is 2.28. The zero-order chi connectivity index (χ0) is 11.5. The molecule has 4 nitrogen and oxygen atoms in total. The monoisotopic (exact) mass is 216 g/mol. The minimum atomic E-state index is -0.142. The number of aromatic nitrogens is 2. The van der Waals surface area contributed by atoms with Crippen molar-refractivity contribution in [3.63, 3.8) is 0 Å². The first kappa shape index (κ1) is 10.4. The largest absolute Gasteiger partial charge is 0.458 e. The van der Waals surface area contributed by atoms with Gasteiger partial charge in [0.25, 0.3) is 0 Å². The van der Waals surface area contributed by atoms with Crippen molar-refractivity contribution < 1.29 is 9.21 Å². The number of aryl methyl sites for hydroxylation is 2. The van der Waals surface area contributed by atoms with E-state index in [0.29, 0.717) is 5.76 Å². The van der Waals surface area contributed by atoms with Crippen LogP contribution in [-0.4, -0.2) is 15.6 Å². The standard InChI is InChI=1S/C12H12N2O2/c1-9-3-6-12(16-9)11(15)5-4-10-7-13-14(2)8-10/h3-8H,1-2H3/b5-4+. The maximum atomic E-state index is 11.6. The Kier molecular flexibility index (Phi) is 2.72. The number of hydrogen-bond acceptors (Lipinski definition) is 3. The maximum Gasteiger partial charge on any atom is 0.221 e. The van der Waals surface area contributed by atoms with E-state index in [1.807, 2.05) is 20.2 Å². The van der Waals surface area contributed by atoms with Gasteiger partial charge in [-0.2, -0.15) is 5.10 Å². The molecule has 2 aromatic heterocycles. The van der Waals surface area contributed by atoms with Crippen LogP contribution in [0.15, 0.2) is 35.0 Å². The Bertz CT molecular complexity index is 535. The minimum absolute atomic E-state index is 0.142. The normalized spacial score (nSPS) is 11.1. The van der Waals surface area contributed by atoms with E-state index in [-0.39, 0.29) is 5.78 Å². The van der Waals surface area contributed by atoms with Crippen LogP contribution in [0.2, 0.25) is 0 Å². The zero-order valence-electron chi connectivity index (χ0n) is 9.18. The number of ketones is 1. The Morgan fingerprint density at radius 3 is 2.88 bits per heavy atom. The molecule has 0 radical (unpaired) electrons. The number of carbonyl (C=O) groups is 1. The van der Waals surface area contributed by atoms with Crippen LogP contribution in [0.5, 0.6) is 0 Å². The van der Waals surface area contributed by atoms with Crippen molar-refractivity contribution in [1.29, 1.82) is 0 Å². The maximum absolute atomic E-state index is 11.6. The highest BCUT2D eigenvalue weighted by atomic mass is 16.3. The van der Waals surface area contributed by atoms with Crippen LogP contribution in [0.4, 0.5) is 0 Å². The summed E-state index contributed by atoms with van der Waals surface area (Å²) in [6, 6.07) is 3.44. The fraction of sp³-hybridized carbons (Fsp3) is 0.167. The molecule has 0 aliphatic rings. The van der Waals surface area contributed by atoms with Crippen LogP contribution in [-0.2, 0) is 7.05 Å². The first-order valence-corrected chi connectivity index (χ1v) is 4.92. The quantitative estimate of drug-likeness (QED) is 0.583. The summed E-state index contributed by atoms with van der Waals surface area (Å²) in [7, 11) is 1.83. The molecule has 4 heteroatoms. The molecule has 0 aromatic carbocycles. The second-order valence-electron chi connectivity index (χ2n) is 3.56. The second kappa shape index (κ2) is 4.18. The molecule has 0 unspecified atom stereocenters. The van der Waals surface area contributed by atoms with Crippen LogP contribution in [0.3, 0.4) is 0 Å². The molecule has 0 N–H and O–H groups in total. The Morgan fingerprint density at radius 1 is 1.50 bits per heavy atom.